The molecule has 0 bridgehead atoms. The molecule has 2 rings (SSSR count). The van der Waals surface area contributed by atoms with Gasteiger partial charge in [0.05, 0.1) is 18.0 Å². The van der Waals surface area contributed by atoms with Gasteiger partial charge in [0.25, 0.3) is 0 Å². The molecule has 0 fully saturated rings. The molecule has 0 saturated carbocycles. The van der Waals surface area contributed by atoms with E-state index in [0.29, 0.717) is 17.9 Å². The Balaban J connectivity index is 2.14. The van der Waals surface area contributed by atoms with Crippen molar-refractivity contribution in [2.45, 2.75) is 19.4 Å². The fourth-order valence-electron chi connectivity index (χ4n) is 1.51. The Hall–Kier alpha value is -1.94. The van der Waals surface area contributed by atoms with Crippen molar-refractivity contribution in [3.8, 4) is 11.5 Å². The third-order valence-corrected chi connectivity index (χ3v) is 2.55. The largest absolute Gasteiger partial charge is 0.453 e. The molecular formula is C14H14FNO2. The van der Waals surface area contributed by atoms with Crippen LogP contribution in [0.5, 0.6) is 11.5 Å². The minimum atomic E-state index is -0.576. The van der Waals surface area contributed by atoms with Crippen molar-refractivity contribution in [3.63, 3.8) is 0 Å². The van der Waals surface area contributed by atoms with Gasteiger partial charge in [0.1, 0.15) is 5.75 Å². The van der Waals surface area contributed by atoms with Gasteiger partial charge < -0.3 is 9.84 Å². The Kier molecular flexibility index (Phi) is 3.89. The summed E-state index contributed by atoms with van der Waals surface area (Å²) in [5, 5.41) is 9.59. The molecule has 0 aliphatic rings. The molecular weight excluding hydrogens is 233 g/mol. The van der Waals surface area contributed by atoms with E-state index in [1.165, 1.54) is 12.3 Å². The van der Waals surface area contributed by atoms with Crippen LogP contribution in [0.4, 0.5) is 4.39 Å². The maximum atomic E-state index is 13.4. The second-order valence-corrected chi connectivity index (χ2v) is 3.88. The van der Waals surface area contributed by atoms with Gasteiger partial charge in [-0.15, -0.1) is 0 Å². The van der Waals surface area contributed by atoms with Crippen LogP contribution in [0, 0.1) is 5.82 Å². The second-order valence-electron chi connectivity index (χ2n) is 3.88. The van der Waals surface area contributed by atoms with Crippen LogP contribution in [0.2, 0.25) is 0 Å². The molecule has 0 amide bonds. The molecule has 0 spiro atoms. The van der Waals surface area contributed by atoms with E-state index in [4.69, 9.17) is 4.74 Å². The van der Waals surface area contributed by atoms with E-state index < -0.39 is 11.9 Å². The van der Waals surface area contributed by atoms with Gasteiger partial charge in [0.15, 0.2) is 11.6 Å². The highest BCUT2D eigenvalue weighted by atomic mass is 19.1. The Morgan fingerprint density at radius 2 is 2.06 bits per heavy atom. The zero-order valence-corrected chi connectivity index (χ0v) is 10.0. The van der Waals surface area contributed by atoms with Crippen molar-refractivity contribution in [3.05, 3.63) is 54.1 Å². The van der Waals surface area contributed by atoms with Gasteiger partial charge >= 0.3 is 0 Å². The van der Waals surface area contributed by atoms with E-state index in [1.807, 2.05) is 6.92 Å². The lowest BCUT2D eigenvalue weighted by molar-refractivity contribution is 0.169. The zero-order chi connectivity index (χ0) is 13.0. The minimum Gasteiger partial charge on any atom is -0.453 e. The van der Waals surface area contributed by atoms with Crippen molar-refractivity contribution < 1.29 is 14.2 Å². The molecule has 0 aliphatic heterocycles. The van der Waals surface area contributed by atoms with E-state index in [2.05, 4.69) is 4.98 Å². The molecule has 0 unspecified atom stereocenters. The average molecular weight is 247 g/mol. The number of para-hydroxylation sites is 1. The van der Waals surface area contributed by atoms with Gasteiger partial charge in [-0.25, -0.2) is 4.39 Å². The SMILES string of the molecule is CC[C@@H](O)c1ccc(Oc2ccccc2F)cn1. The number of ether oxygens (including phenoxy) is 1. The standard InChI is InChI=1S/C14H14FNO2/c1-2-13(17)12-8-7-10(9-16-12)18-14-6-4-3-5-11(14)15/h3-9,13,17H,2H2,1H3/t13-/m1/s1. The molecule has 1 heterocycles. The third-order valence-electron chi connectivity index (χ3n) is 2.55. The van der Waals surface area contributed by atoms with Crippen LogP contribution in [-0.2, 0) is 0 Å². The highest BCUT2D eigenvalue weighted by molar-refractivity contribution is 5.31. The van der Waals surface area contributed by atoms with Gasteiger partial charge in [-0.1, -0.05) is 19.1 Å². The molecule has 3 nitrogen and oxygen atoms in total. The van der Waals surface area contributed by atoms with Crippen molar-refractivity contribution in [1.29, 1.82) is 0 Å². The number of aromatic nitrogens is 1. The fraction of sp³-hybridized carbons (Fsp3) is 0.214. The summed E-state index contributed by atoms with van der Waals surface area (Å²) in [4.78, 5) is 4.08. The summed E-state index contributed by atoms with van der Waals surface area (Å²) in [5.41, 5.74) is 0.582. The molecule has 2 aromatic rings. The summed E-state index contributed by atoms with van der Waals surface area (Å²) in [6.45, 7) is 1.87. The molecule has 94 valence electrons. The van der Waals surface area contributed by atoms with Gasteiger partial charge in [0.2, 0.25) is 0 Å². The monoisotopic (exact) mass is 247 g/mol. The lowest BCUT2D eigenvalue weighted by atomic mass is 10.2. The van der Waals surface area contributed by atoms with Crippen LogP contribution in [0.25, 0.3) is 0 Å². The summed E-state index contributed by atoms with van der Waals surface area (Å²) >= 11 is 0. The van der Waals surface area contributed by atoms with Crippen LogP contribution in [-0.4, -0.2) is 10.1 Å². The second kappa shape index (κ2) is 5.60. The van der Waals surface area contributed by atoms with Crippen molar-refractivity contribution in [1.82, 2.24) is 4.98 Å². The molecule has 1 N–H and O–H groups in total. The van der Waals surface area contributed by atoms with Gasteiger partial charge in [0, 0.05) is 0 Å². The van der Waals surface area contributed by atoms with Crippen molar-refractivity contribution in [2.75, 3.05) is 0 Å². The topological polar surface area (TPSA) is 42.4 Å². The van der Waals surface area contributed by atoms with E-state index in [1.54, 1.807) is 30.3 Å². The number of aliphatic hydroxyl groups is 1. The Morgan fingerprint density at radius 3 is 2.67 bits per heavy atom. The molecule has 18 heavy (non-hydrogen) atoms. The first-order valence-corrected chi connectivity index (χ1v) is 5.77. The summed E-state index contributed by atoms with van der Waals surface area (Å²) < 4.78 is 18.7. The molecule has 4 heteroatoms. The summed E-state index contributed by atoms with van der Waals surface area (Å²) in [7, 11) is 0. The molecule has 0 radical (unpaired) electrons. The van der Waals surface area contributed by atoms with E-state index in [9.17, 15) is 9.50 Å². The fourth-order valence-corrected chi connectivity index (χ4v) is 1.51. The summed E-state index contributed by atoms with van der Waals surface area (Å²) in [6.07, 6.45) is 1.49. The normalized spacial score (nSPS) is 12.2. The van der Waals surface area contributed by atoms with Gasteiger partial charge in [-0.05, 0) is 30.7 Å². The number of aliphatic hydroxyl groups excluding tert-OH is 1. The van der Waals surface area contributed by atoms with Crippen LogP contribution in [0.3, 0.4) is 0 Å². The van der Waals surface area contributed by atoms with Crippen LogP contribution in [0.1, 0.15) is 25.1 Å². The maximum Gasteiger partial charge on any atom is 0.165 e. The predicted octanol–water partition coefficient (Wildman–Crippen LogP) is 3.46. The third kappa shape index (κ3) is 2.84. The number of pyridine rings is 1. The molecule has 1 aromatic heterocycles. The summed E-state index contributed by atoms with van der Waals surface area (Å²) in [5.74, 6) is 0.172. The predicted molar refractivity (Wildman–Crippen MR) is 66.0 cm³/mol. The lowest BCUT2D eigenvalue weighted by Crippen LogP contribution is -1.98. The van der Waals surface area contributed by atoms with Gasteiger partial charge in [-0.3, -0.25) is 4.98 Å². The lowest BCUT2D eigenvalue weighted by Gasteiger charge is -2.09. The minimum absolute atomic E-state index is 0.156. The molecule has 1 atom stereocenters. The van der Waals surface area contributed by atoms with Gasteiger partial charge in [-0.2, -0.15) is 0 Å². The van der Waals surface area contributed by atoms with E-state index >= 15 is 0 Å². The number of halogens is 1. The molecule has 1 aromatic carbocycles. The highest BCUT2D eigenvalue weighted by Gasteiger charge is 2.07. The highest BCUT2D eigenvalue weighted by Crippen LogP contribution is 2.24. The first-order chi connectivity index (χ1) is 8.70. The Labute approximate surface area is 105 Å². The van der Waals surface area contributed by atoms with Crippen LogP contribution in [0.15, 0.2) is 42.6 Å². The first-order valence-electron chi connectivity index (χ1n) is 5.77. The van der Waals surface area contributed by atoms with E-state index in [-0.39, 0.29) is 5.75 Å². The Morgan fingerprint density at radius 1 is 1.28 bits per heavy atom. The molecule has 0 saturated heterocycles. The number of rotatable bonds is 4. The molecule has 0 aliphatic carbocycles. The maximum absolute atomic E-state index is 13.4. The van der Waals surface area contributed by atoms with Crippen LogP contribution >= 0.6 is 0 Å². The number of nitrogens with zero attached hydrogens (tertiary/aromatic N) is 1. The Bertz CT molecular complexity index is 513. The van der Waals surface area contributed by atoms with E-state index in [0.717, 1.165) is 0 Å². The quantitative estimate of drug-likeness (QED) is 0.899. The zero-order valence-electron chi connectivity index (χ0n) is 10.0. The van der Waals surface area contributed by atoms with Crippen LogP contribution < -0.4 is 4.74 Å². The first kappa shape index (κ1) is 12.5. The smallest absolute Gasteiger partial charge is 0.165 e. The number of hydrogen-bond acceptors (Lipinski definition) is 3. The number of benzene rings is 1. The summed E-state index contributed by atoms with van der Waals surface area (Å²) in [6, 6.07) is 9.50. The average Bonchev–Trinajstić information content (AvgIpc) is 2.41. The number of hydrogen-bond donors (Lipinski definition) is 1. The van der Waals surface area contributed by atoms with Crippen molar-refractivity contribution >= 4 is 0 Å². The van der Waals surface area contributed by atoms with Crippen molar-refractivity contribution in [2.24, 2.45) is 0 Å².